The third-order valence-corrected chi connectivity index (χ3v) is 2.54. The van der Waals surface area contributed by atoms with Gasteiger partial charge in [0.1, 0.15) is 16.4 Å². The Kier molecular flexibility index (Phi) is 3.53. The first-order valence-electron chi connectivity index (χ1n) is 4.05. The van der Waals surface area contributed by atoms with Crippen molar-refractivity contribution in [2.24, 2.45) is 0 Å². The number of rotatable bonds is 3. The van der Waals surface area contributed by atoms with Crippen molar-refractivity contribution >= 4 is 10.1 Å². The van der Waals surface area contributed by atoms with Gasteiger partial charge < -0.3 is 9.47 Å². The summed E-state index contributed by atoms with van der Waals surface area (Å²) in [7, 11) is -3.52. The van der Waals surface area contributed by atoms with Crippen LogP contribution in [0.15, 0.2) is 23.1 Å². The lowest BCUT2D eigenvalue weighted by atomic mass is 10.3. The second kappa shape index (κ2) is 4.41. The van der Waals surface area contributed by atoms with Crippen LogP contribution in [0.25, 0.3) is 0 Å². The van der Waals surface area contributed by atoms with Gasteiger partial charge in [-0.05, 0) is 12.1 Å². The maximum absolute atomic E-state index is 11.9. The summed E-state index contributed by atoms with van der Waals surface area (Å²) in [5, 5.41) is 0. The van der Waals surface area contributed by atoms with E-state index in [1.807, 2.05) is 0 Å². The molecule has 0 aliphatic rings. The van der Waals surface area contributed by atoms with Crippen molar-refractivity contribution in [3.63, 3.8) is 0 Å². The Morgan fingerprint density at radius 3 is 2.29 bits per heavy atom. The predicted molar refractivity (Wildman–Crippen MR) is 49.5 cm³/mol. The molecule has 0 saturated heterocycles. The Labute approximate surface area is 94.5 Å². The van der Waals surface area contributed by atoms with Gasteiger partial charge in [0.25, 0.3) is 10.1 Å². The summed E-state index contributed by atoms with van der Waals surface area (Å²) in [5.74, 6) is -1.10. The van der Waals surface area contributed by atoms with Crippen molar-refractivity contribution in [1.29, 1.82) is 0 Å². The first kappa shape index (κ1) is 13.6. The molecule has 9 heteroatoms. The number of ether oxygens (including phenoxy) is 2. The lowest BCUT2D eigenvalue weighted by Crippen LogP contribution is -2.17. The highest BCUT2D eigenvalue weighted by molar-refractivity contribution is 7.86. The van der Waals surface area contributed by atoms with Crippen LogP contribution in [-0.2, 0) is 10.1 Å². The lowest BCUT2D eigenvalue weighted by molar-refractivity contribution is -0.274. The standard InChI is InChI=1S/C8H7F3O5S/c1-15-6-4-5(16-8(9,10)11)2-3-7(6)17(12,13)14/h2-4H,1H3,(H,12,13,14). The quantitative estimate of drug-likeness (QED) is 0.850. The fraction of sp³-hybridized carbons (Fsp3) is 0.250. The summed E-state index contributed by atoms with van der Waals surface area (Å²) in [6.07, 6.45) is -4.90. The molecule has 1 aromatic rings. The Morgan fingerprint density at radius 2 is 1.88 bits per heavy atom. The molecular weight excluding hydrogens is 265 g/mol. The lowest BCUT2D eigenvalue weighted by Gasteiger charge is -2.11. The molecule has 0 saturated carbocycles. The number of halogens is 3. The molecule has 5 nitrogen and oxygen atoms in total. The van der Waals surface area contributed by atoms with Crippen molar-refractivity contribution < 1.29 is 35.6 Å². The Balaban J connectivity index is 3.19. The molecular formula is C8H7F3O5S. The molecule has 0 aliphatic heterocycles. The fourth-order valence-corrected chi connectivity index (χ4v) is 1.69. The SMILES string of the molecule is COc1cc(OC(F)(F)F)ccc1S(=O)(=O)O. The zero-order chi connectivity index (χ0) is 13.3. The maximum atomic E-state index is 11.9. The number of hydrogen-bond donors (Lipinski definition) is 1. The first-order chi connectivity index (χ1) is 7.63. The summed E-state index contributed by atoms with van der Waals surface area (Å²) in [4.78, 5) is -0.644. The molecule has 96 valence electrons. The van der Waals surface area contributed by atoms with E-state index >= 15 is 0 Å². The highest BCUT2D eigenvalue weighted by Crippen LogP contribution is 2.31. The molecule has 0 bridgehead atoms. The zero-order valence-corrected chi connectivity index (χ0v) is 9.17. The Bertz CT molecular complexity index is 508. The van der Waals surface area contributed by atoms with Crippen LogP contribution in [-0.4, -0.2) is 26.4 Å². The van der Waals surface area contributed by atoms with Gasteiger partial charge in [-0.3, -0.25) is 4.55 Å². The number of alkyl halides is 3. The van der Waals surface area contributed by atoms with Crippen LogP contribution in [0.3, 0.4) is 0 Å². The van der Waals surface area contributed by atoms with Crippen molar-refractivity contribution in [1.82, 2.24) is 0 Å². The summed E-state index contributed by atoms with van der Waals surface area (Å²) < 4.78 is 74.1. The average molecular weight is 272 g/mol. The highest BCUT2D eigenvalue weighted by atomic mass is 32.2. The predicted octanol–water partition coefficient (Wildman–Crippen LogP) is 1.84. The molecule has 1 N–H and O–H groups in total. The van der Waals surface area contributed by atoms with Gasteiger partial charge in [-0.1, -0.05) is 0 Å². The van der Waals surface area contributed by atoms with Crippen LogP contribution >= 0.6 is 0 Å². The molecule has 1 rings (SSSR count). The van der Waals surface area contributed by atoms with Crippen molar-refractivity contribution in [2.45, 2.75) is 11.3 Å². The van der Waals surface area contributed by atoms with Gasteiger partial charge in [-0.25, -0.2) is 0 Å². The van der Waals surface area contributed by atoms with E-state index in [-0.39, 0.29) is 0 Å². The molecule has 17 heavy (non-hydrogen) atoms. The van der Waals surface area contributed by atoms with Crippen LogP contribution in [0.4, 0.5) is 13.2 Å². The largest absolute Gasteiger partial charge is 0.573 e. The van der Waals surface area contributed by atoms with E-state index in [1.54, 1.807) is 0 Å². The van der Waals surface area contributed by atoms with Gasteiger partial charge in [0.15, 0.2) is 0 Å². The van der Waals surface area contributed by atoms with Crippen LogP contribution in [0.2, 0.25) is 0 Å². The van der Waals surface area contributed by atoms with E-state index in [4.69, 9.17) is 4.55 Å². The summed E-state index contributed by atoms with van der Waals surface area (Å²) in [6, 6.07) is 2.20. The third-order valence-electron chi connectivity index (χ3n) is 1.65. The topological polar surface area (TPSA) is 72.8 Å². The van der Waals surface area contributed by atoms with Crippen molar-refractivity contribution in [2.75, 3.05) is 7.11 Å². The summed E-state index contributed by atoms with van der Waals surface area (Å²) in [6.45, 7) is 0. The monoisotopic (exact) mass is 272 g/mol. The van der Waals surface area contributed by atoms with Gasteiger partial charge in [0.2, 0.25) is 0 Å². The van der Waals surface area contributed by atoms with Gasteiger partial charge in [-0.2, -0.15) is 8.42 Å². The van der Waals surface area contributed by atoms with Gasteiger partial charge in [0, 0.05) is 6.07 Å². The van der Waals surface area contributed by atoms with Crippen LogP contribution in [0.5, 0.6) is 11.5 Å². The zero-order valence-electron chi connectivity index (χ0n) is 8.35. The second-order valence-corrected chi connectivity index (χ2v) is 4.23. The highest BCUT2D eigenvalue weighted by Gasteiger charge is 2.31. The first-order valence-corrected chi connectivity index (χ1v) is 5.49. The van der Waals surface area contributed by atoms with Gasteiger partial charge >= 0.3 is 6.36 Å². The third kappa shape index (κ3) is 3.79. The second-order valence-electron chi connectivity index (χ2n) is 2.84. The molecule has 0 unspecified atom stereocenters. The molecule has 0 aliphatic carbocycles. The molecule has 0 amide bonds. The minimum atomic E-state index is -4.90. The molecule has 0 heterocycles. The fourth-order valence-electron chi connectivity index (χ4n) is 1.06. The maximum Gasteiger partial charge on any atom is 0.573 e. The van der Waals surface area contributed by atoms with Crippen molar-refractivity contribution in [3.8, 4) is 11.5 Å². The van der Waals surface area contributed by atoms with E-state index in [1.165, 1.54) is 0 Å². The van der Waals surface area contributed by atoms with E-state index in [0.717, 1.165) is 19.2 Å². The van der Waals surface area contributed by atoms with E-state index < -0.39 is 32.9 Å². The number of methoxy groups -OCH3 is 1. The Morgan fingerprint density at radius 1 is 1.29 bits per heavy atom. The van der Waals surface area contributed by atoms with Gasteiger partial charge in [0.05, 0.1) is 7.11 Å². The summed E-state index contributed by atoms with van der Waals surface area (Å²) >= 11 is 0. The molecule has 0 radical (unpaired) electrons. The molecule has 0 fully saturated rings. The van der Waals surface area contributed by atoms with E-state index in [9.17, 15) is 21.6 Å². The number of hydrogen-bond acceptors (Lipinski definition) is 4. The Hall–Kier alpha value is -1.48. The normalized spacial score (nSPS) is 12.3. The smallest absolute Gasteiger partial charge is 0.495 e. The minimum Gasteiger partial charge on any atom is -0.495 e. The molecule has 1 aromatic carbocycles. The van der Waals surface area contributed by atoms with Gasteiger partial charge in [-0.15, -0.1) is 13.2 Å². The van der Waals surface area contributed by atoms with E-state index in [2.05, 4.69) is 9.47 Å². The average Bonchev–Trinajstić information content (AvgIpc) is 2.13. The molecule has 0 atom stereocenters. The number of benzene rings is 1. The van der Waals surface area contributed by atoms with E-state index in [0.29, 0.717) is 6.07 Å². The van der Waals surface area contributed by atoms with Crippen LogP contribution in [0.1, 0.15) is 0 Å². The molecule has 0 aromatic heterocycles. The van der Waals surface area contributed by atoms with Crippen LogP contribution in [0, 0.1) is 0 Å². The van der Waals surface area contributed by atoms with Crippen molar-refractivity contribution in [3.05, 3.63) is 18.2 Å². The summed E-state index contributed by atoms with van der Waals surface area (Å²) in [5.41, 5.74) is 0. The minimum absolute atomic E-state index is 0.450. The van der Waals surface area contributed by atoms with Crippen LogP contribution < -0.4 is 9.47 Å². The molecule has 0 spiro atoms.